The molecule has 1 N–H and O–H groups in total. The van der Waals surface area contributed by atoms with Crippen LogP contribution in [0.15, 0.2) is 22.5 Å². The van der Waals surface area contributed by atoms with Gasteiger partial charge in [0.05, 0.1) is 3.79 Å². The van der Waals surface area contributed by atoms with Crippen LogP contribution in [-0.2, 0) is 0 Å². The minimum Gasteiger partial charge on any atom is -0.310 e. The van der Waals surface area contributed by atoms with Crippen molar-refractivity contribution in [2.45, 2.75) is 32.7 Å². The number of thiophene rings is 1. The molecule has 0 spiro atoms. The highest BCUT2D eigenvalue weighted by molar-refractivity contribution is 9.11. The van der Waals surface area contributed by atoms with Crippen LogP contribution >= 0.6 is 27.3 Å². The summed E-state index contributed by atoms with van der Waals surface area (Å²) in [6, 6.07) is 2.74. The predicted molar refractivity (Wildman–Crippen MR) is 72.6 cm³/mol. The highest BCUT2D eigenvalue weighted by atomic mass is 79.9. The molecule has 0 aliphatic heterocycles. The van der Waals surface area contributed by atoms with Gasteiger partial charge in [0.2, 0.25) is 0 Å². The fourth-order valence-corrected chi connectivity index (χ4v) is 3.21. The monoisotopic (exact) mass is 287 g/mol. The highest BCUT2D eigenvalue weighted by Crippen LogP contribution is 2.33. The Morgan fingerprint density at radius 2 is 2.40 bits per heavy atom. The summed E-state index contributed by atoms with van der Waals surface area (Å²) >= 11 is 5.41. The van der Waals surface area contributed by atoms with E-state index in [-0.39, 0.29) is 0 Å². The number of halogens is 1. The van der Waals surface area contributed by atoms with Gasteiger partial charge in [-0.05, 0) is 53.9 Å². The second-order valence-electron chi connectivity index (χ2n) is 3.58. The number of aryl methyl sites for hydroxylation is 1. The van der Waals surface area contributed by atoms with E-state index in [1.165, 1.54) is 14.2 Å². The van der Waals surface area contributed by atoms with Gasteiger partial charge in [0.15, 0.2) is 0 Å². The van der Waals surface area contributed by atoms with Crippen molar-refractivity contribution in [2.24, 2.45) is 0 Å². The van der Waals surface area contributed by atoms with Crippen molar-refractivity contribution in [3.63, 3.8) is 0 Å². The van der Waals surface area contributed by atoms with Crippen molar-refractivity contribution in [3.05, 3.63) is 32.9 Å². The summed E-state index contributed by atoms with van der Waals surface area (Å²) in [6.45, 7) is 9.07. The van der Waals surface area contributed by atoms with Gasteiger partial charge >= 0.3 is 0 Å². The van der Waals surface area contributed by atoms with Crippen LogP contribution in [0.2, 0.25) is 0 Å². The van der Waals surface area contributed by atoms with Gasteiger partial charge in [0, 0.05) is 10.9 Å². The topological polar surface area (TPSA) is 12.0 Å². The van der Waals surface area contributed by atoms with E-state index in [1.807, 2.05) is 17.4 Å². The molecule has 0 aliphatic carbocycles. The first-order valence-corrected chi connectivity index (χ1v) is 6.90. The van der Waals surface area contributed by atoms with Crippen LogP contribution in [0.4, 0.5) is 0 Å². The van der Waals surface area contributed by atoms with Crippen molar-refractivity contribution < 1.29 is 0 Å². The van der Waals surface area contributed by atoms with E-state index in [1.54, 1.807) is 0 Å². The minimum absolute atomic E-state index is 0.475. The largest absolute Gasteiger partial charge is 0.310 e. The van der Waals surface area contributed by atoms with Gasteiger partial charge in [-0.25, -0.2) is 0 Å². The lowest BCUT2D eigenvalue weighted by molar-refractivity contribution is 0.527. The second-order valence-corrected chi connectivity index (χ2v) is 5.98. The molecule has 3 heteroatoms. The lowest BCUT2D eigenvalue weighted by atomic mass is 10.1. The Morgan fingerprint density at radius 1 is 1.67 bits per heavy atom. The van der Waals surface area contributed by atoms with Crippen molar-refractivity contribution in [3.8, 4) is 0 Å². The zero-order valence-electron chi connectivity index (χ0n) is 9.35. The molecule has 1 heterocycles. The Bertz CT molecular complexity index is 300. The van der Waals surface area contributed by atoms with Gasteiger partial charge in [0.25, 0.3) is 0 Å². The van der Waals surface area contributed by atoms with Crippen LogP contribution in [-0.4, -0.2) is 6.54 Å². The fraction of sp³-hybridized carbons (Fsp3) is 0.500. The zero-order chi connectivity index (χ0) is 11.3. The van der Waals surface area contributed by atoms with Crippen molar-refractivity contribution >= 4 is 27.3 Å². The molecule has 0 saturated carbocycles. The van der Waals surface area contributed by atoms with Gasteiger partial charge in [-0.2, -0.15) is 0 Å². The summed E-state index contributed by atoms with van der Waals surface area (Å²) in [5, 5.41) is 3.52. The van der Waals surface area contributed by atoms with E-state index in [4.69, 9.17) is 0 Å². The Labute approximate surface area is 105 Å². The van der Waals surface area contributed by atoms with Crippen molar-refractivity contribution in [1.29, 1.82) is 0 Å². The molecule has 1 aromatic rings. The summed E-state index contributed by atoms with van der Waals surface area (Å²) in [5.74, 6) is 0. The van der Waals surface area contributed by atoms with Gasteiger partial charge in [-0.15, -0.1) is 17.9 Å². The van der Waals surface area contributed by atoms with Gasteiger partial charge in [0.1, 0.15) is 0 Å². The van der Waals surface area contributed by atoms with Gasteiger partial charge in [-0.1, -0.05) is 13.0 Å². The predicted octanol–water partition coefficient (Wildman–Crippen LogP) is 4.44. The normalized spacial score (nSPS) is 12.7. The molecular formula is C12H18BrNS. The molecule has 15 heavy (non-hydrogen) atoms. The maximum Gasteiger partial charge on any atom is 0.0731 e. The van der Waals surface area contributed by atoms with Crippen molar-refractivity contribution in [1.82, 2.24) is 5.32 Å². The number of hydrogen-bond donors (Lipinski definition) is 1. The third-order valence-corrected chi connectivity index (χ3v) is 4.58. The van der Waals surface area contributed by atoms with Crippen LogP contribution in [0.3, 0.4) is 0 Å². The molecule has 0 amide bonds. The van der Waals surface area contributed by atoms with Crippen LogP contribution in [0.25, 0.3) is 0 Å². The van der Waals surface area contributed by atoms with Gasteiger partial charge in [-0.3, -0.25) is 0 Å². The smallest absolute Gasteiger partial charge is 0.0731 e. The molecule has 0 bridgehead atoms. The SMILES string of the molecule is C=CCCC(NCC)c1cc(C)c(Br)s1. The number of allylic oxidation sites excluding steroid dienone is 1. The highest BCUT2D eigenvalue weighted by Gasteiger charge is 2.13. The van der Waals surface area contributed by atoms with E-state index >= 15 is 0 Å². The molecular weight excluding hydrogens is 270 g/mol. The third kappa shape index (κ3) is 3.74. The maximum absolute atomic E-state index is 3.78. The number of nitrogens with one attached hydrogen (secondary N) is 1. The summed E-state index contributed by atoms with van der Waals surface area (Å²) in [4.78, 5) is 1.42. The van der Waals surface area contributed by atoms with E-state index in [2.05, 4.69) is 47.7 Å². The lowest BCUT2D eigenvalue weighted by Crippen LogP contribution is -2.19. The zero-order valence-corrected chi connectivity index (χ0v) is 11.7. The Balaban J connectivity index is 2.73. The van der Waals surface area contributed by atoms with Crippen molar-refractivity contribution in [2.75, 3.05) is 6.54 Å². The quantitative estimate of drug-likeness (QED) is 0.763. The molecule has 1 aromatic heterocycles. The molecule has 0 fully saturated rings. The molecule has 0 saturated heterocycles. The molecule has 0 aliphatic rings. The molecule has 1 nitrogen and oxygen atoms in total. The molecule has 1 unspecified atom stereocenters. The summed E-state index contributed by atoms with van der Waals surface area (Å²) in [6.07, 6.45) is 4.18. The van der Waals surface area contributed by atoms with Crippen LogP contribution in [0.1, 0.15) is 36.2 Å². The maximum atomic E-state index is 3.78. The molecule has 1 rings (SSSR count). The number of hydrogen-bond acceptors (Lipinski definition) is 2. The summed E-state index contributed by atoms with van der Waals surface area (Å²) in [5.41, 5.74) is 1.33. The van der Waals surface area contributed by atoms with Crippen LogP contribution in [0.5, 0.6) is 0 Å². The average Bonchev–Trinajstić information content (AvgIpc) is 2.54. The summed E-state index contributed by atoms with van der Waals surface area (Å²) < 4.78 is 1.25. The number of rotatable bonds is 6. The second kappa shape index (κ2) is 6.46. The first-order chi connectivity index (χ1) is 7.19. The molecule has 84 valence electrons. The average molecular weight is 288 g/mol. The standard InChI is InChI=1S/C12H18BrNS/c1-4-6-7-10(14-5-2)11-8-9(3)12(13)15-11/h4,8,10,14H,1,5-7H2,2-3H3. The first-order valence-electron chi connectivity index (χ1n) is 5.29. The molecule has 0 radical (unpaired) electrons. The Kier molecular flexibility index (Phi) is 5.58. The van der Waals surface area contributed by atoms with Crippen LogP contribution in [0, 0.1) is 6.92 Å². The van der Waals surface area contributed by atoms with E-state index in [9.17, 15) is 0 Å². The summed E-state index contributed by atoms with van der Waals surface area (Å²) in [7, 11) is 0. The first kappa shape index (κ1) is 12.9. The molecule has 0 aromatic carbocycles. The lowest BCUT2D eigenvalue weighted by Gasteiger charge is -2.15. The Morgan fingerprint density at radius 3 is 2.87 bits per heavy atom. The minimum atomic E-state index is 0.475. The van der Waals surface area contributed by atoms with E-state index in [0.29, 0.717) is 6.04 Å². The van der Waals surface area contributed by atoms with Gasteiger partial charge < -0.3 is 5.32 Å². The van der Waals surface area contributed by atoms with Crippen LogP contribution < -0.4 is 5.32 Å². The van der Waals surface area contributed by atoms with E-state index in [0.717, 1.165) is 19.4 Å². The molecule has 1 atom stereocenters. The fourth-order valence-electron chi connectivity index (χ4n) is 1.53. The Hall–Kier alpha value is -0.120. The third-order valence-electron chi connectivity index (χ3n) is 2.33. The van der Waals surface area contributed by atoms with E-state index < -0.39 is 0 Å².